The molecule has 0 aromatic heterocycles. The van der Waals surface area contributed by atoms with Gasteiger partial charge < -0.3 is 16.4 Å². The molecule has 1 rings (SSSR count). The Kier molecular flexibility index (Phi) is 6.18. The van der Waals surface area contributed by atoms with Crippen LogP contribution in [0.3, 0.4) is 0 Å². The molecule has 110 valence electrons. The third kappa shape index (κ3) is 5.01. The molecule has 0 spiro atoms. The number of unbranched alkanes of at least 4 members (excludes halogenated alkanes) is 1. The molecule has 1 atom stereocenters. The van der Waals surface area contributed by atoms with Gasteiger partial charge in [-0.3, -0.25) is 9.59 Å². The fourth-order valence-corrected chi connectivity index (χ4v) is 1.81. The van der Waals surface area contributed by atoms with Gasteiger partial charge in [0.05, 0.1) is 6.04 Å². The Labute approximate surface area is 119 Å². The molecular weight excluding hydrogens is 254 g/mol. The highest BCUT2D eigenvalue weighted by Gasteiger charge is 2.13. The largest absolute Gasteiger partial charge is 0.326 e. The number of aryl methyl sites for hydroxylation is 1. The van der Waals surface area contributed by atoms with Crippen molar-refractivity contribution in [2.45, 2.75) is 46.1 Å². The van der Waals surface area contributed by atoms with Crippen molar-refractivity contribution >= 4 is 23.2 Å². The Morgan fingerprint density at radius 2 is 2.00 bits per heavy atom. The molecular formula is C15H23N3O2. The Hall–Kier alpha value is -1.88. The minimum atomic E-state index is -0.500. The lowest BCUT2D eigenvalue weighted by atomic mass is 10.1. The average molecular weight is 277 g/mol. The summed E-state index contributed by atoms with van der Waals surface area (Å²) >= 11 is 0. The van der Waals surface area contributed by atoms with Crippen LogP contribution in [-0.4, -0.2) is 17.9 Å². The van der Waals surface area contributed by atoms with Crippen molar-refractivity contribution in [1.82, 2.24) is 0 Å². The average Bonchev–Trinajstić information content (AvgIpc) is 2.39. The predicted molar refractivity (Wildman–Crippen MR) is 81.6 cm³/mol. The van der Waals surface area contributed by atoms with Gasteiger partial charge in [0.1, 0.15) is 0 Å². The molecule has 1 aromatic rings. The van der Waals surface area contributed by atoms with Crippen LogP contribution in [0.2, 0.25) is 0 Å². The molecule has 0 radical (unpaired) electrons. The number of rotatable bonds is 6. The molecule has 0 heterocycles. The fourth-order valence-electron chi connectivity index (χ4n) is 1.81. The zero-order valence-corrected chi connectivity index (χ0v) is 12.3. The van der Waals surface area contributed by atoms with Gasteiger partial charge in [0.25, 0.3) is 0 Å². The van der Waals surface area contributed by atoms with Crippen LogP contribution in [-0.2, 0) is 9.59 Å². The molecule has 0 fully saturated rings. The van der Waals surface area contributed by atoms with Gasteiger partial charge in [0.15, 0.2) is 0 Å². The molecule has 20 heavy (non-hydrogen) atoms. The summed E-state index contributed by atoms with van der Waals surface area (Å²) < 4.78 is 0. The third-order valence-corrected chi connectivity index (χ3v) is 3.02. The zero-order chi connectivity index (χ0) is 15.1. The zero-order valence-electron chi connectivity index (χ0n) is 12.3. The molecule has 0 saturated carbocycles. The molecule has 0 aliphatic rings. The second-order valence-corrected chi connectivity index (χ2v) is 4.95. The van der Waals surface area contributed by atoms with Crippen LogP contribution in [0, 0.1) is 6.92 Å². The van der Waals surface area contributed by atoms with Gasteiger partial charge in [-0.25, -0.2) is 0 Å². The lowest BCUT2D eigenvalue weighted by molar-refractivity contribution is -0.117. The number of nitrogens with two attached hydrogens (primary N) is 1. The summed E-state index contributed by atoms with van der Waals surface area (Å²) in [5.74, 6) is -0.340. The smallest absolute Gasteiger partial charge is 0.241 e. The van der Waals surface area contributed by atoms with Crippen molar-refractivity contribution in [3.8, 4) is 0 Å². The molecule has 1 unspecified atom stereocenters. The molecule has 5 heteroatoms. The highest BCUT2D eigenvalue weighted by atomic mass is 16.2. The van der Waals surface area contributed by atoms with E-state index in [0.717, 1.165) is 18.4 Å². The first-order valence-corrected chi connectivity index (χ1v) is 6.88. The van der Waals surface area contributed by atoms with E-state index in [1.807, 2.05) is 13.0 Å². The summed E-state index contributed by atoms with van der Waals surface area (Å²) in [6, 6.07) is 4.88. The van der Waals surface area contributed by atoms with E-state index in [1.165, 1.54) is 6.92 Å². The van der Waals surface area contributed by atoms with E-state index >= 15 is 0 Å². The second-order valence-electron chi connectivity index (χ2n) is 4.95. The number of hydrogen-bond donors (Lipinski definition) is 3. The van der Waals surface area contributed by atoms with E-state index in [4.69, 9.17) is 5.73 Å². The summed E-state index contributed by atoms with van der Waals surface area (Å²) in [5, 5.41) is 5.50. The maximum Gasteiger partial charge on any atom is 0.241 e. The Bertz CT molecular complexity index is 486. The van der Waals surface area contributed by atoms with Crippen molar-refractivity contribution < 1.29 is 9.59 Å². The van der Waals surface area contributed by atoms with Gasteiger partial charge >= 0.3 is 0 Å². The van der Waals surface area contributed by atoms with E-state index in [2.05, 4.69) is 17.6 Å². The Morgan fingerprint density at radius 1 is 1.30 bits per heavy atom. The first kappa shape index (κ1) is 16.2. The van der Waals surface area contributed by atoms with Gasteiger partial charge in [-0.05, 0) is 31.0 Å². The number of amides is 2. The summed E-state index contributed by atoms with van der Waals surface area (Å²) in [6.45, 7) is 5.40. The van der Waals surface area contributed by atoms with Crippen LogP contribution in [0.25, 0.3) is 0 Å². The molecule has 2 amide bonds. The van der Waals surface area contributed by atoms with Crippen molar-refractivity contribution in [2.24, 2.45) is 5.73 Å². The number of carbonyl (C=O) groups is 2. The fraction of sp³-hybridized carbons (Fsp3) is 0.467. The highest BCUT2D eigenvalue weighted by molar-refractivity contribution is 5.96. The van der Waals surface area contributed by atoms with Crippen LogP contribution in [0.1, 0.15) is 38.7 Å². The predicted octanol–water partition coefficient (Wildman–Crippen LogP) is 2.41. The van der Waals surface area contributed by atoms with Crippen LogP contribution >= 0.6 is 0 Å². The summed E-state index contributed by atoms with van der Waals surface area (Å²) in [4.78, 5) is 23.0. The van der Waals surface area contributed by atoms with E-state index < -0.39 is 6.04 Å². The van der Waals surface area contributed by atoms with E-state index in [0.29, 0.717) is 17.8 Å². The van der Waals surface area contributed by atoms with Gasteiger partial charge in [0, 0.05) is 18.3 Å². The van der Waals surface area contributed by atoms with Crippen molar-refractivity contribution in [1.29, 1.82) is 0 Å². The first-order valence-electron chi connectivity index (χ1n) is 6.88. The second kappa shape index (κ2) is 7.65. The van der Waals surface area contributed by atoms with E-state index in [1.54, 1.807) is 12.1 Å². The molecule has 0 saturated heterocycles. The molecule has 4 N–H and O–H groups in total. The summed E-state index contributed by atoms with van der Waals surface area (Å²) in [5.41, 5.74) is 8.08. The van der Waals surface area contributed by atoms with E-state index in [9.17, 15) is 9.59 Å². The molecule has 0 aliphatic carbocycles. The number of anilines is 2. The first-order chi connectivity index (χ1) is 9.43. The lowest BCUT2D eigenvalue weighted by Gasteiger charge is -2.13. The van der Waals surface area contributed by atoms with Crippen LogP contribution in [0.4, 0.5) is 11.4 Å². The number of nitrogens with one attached hydrogen (secondary N) is 2. The van der Waals surface area contributed by atoms with Gasteiger partial charge in [-0.1, -0.05) is 25.8 Å². The monoisotopic (exact) mass is 277 g/mol. The minimum absolute atomic E-state index is 0.142. The third-order valence-electron chi connectivity index (χ3n) is 3.02. The minimum Gasteiger partial charge on any atom is -0.326 e. The molecule has 0 bridgehead atoms. The van der Waals surface area contributed by atoms with Gasteiger partial charge in [-0.2, -0.15) is 0 Å². The lowest BCUT2D eigenvalue weighted by Crippen LogP contribution is -2.35. The number of carbonyl (C=O) groups excluding carboxylic acids is 2. The topological polar surface area (TPSA) is 84.2 Å². The number of benzene rings is 1. The Morgan fingerprint density at radius 3 is 2.60 bits per heavy atom. The maximum atomic E-state index is 11.9. The standard InChI is InChI=1S/C15H23N3O2/c1-4-5-6-13(16)15(20)18-12-8-7-10(2)14(9-12)17-11(3)19/h7-9,13H,4-6,16H2,1-3H3,(H,17,19)(H,18,20). The highest BCUT2D eigenvalue weighted by Crippen LogP contribution is 2.20. The van der Waals surface area contributed by atoms with Crippen molar-refractivity contribution in [2.75, 3.05) is 10.6 Å². The molecule has 1 aromatic carbocycles. The molecule has 0 aliphatic heterocycles. The van der Waals surface area contributed by atoms with Crippen LogP contribution in [0.15, 0.2) is 18.2 Å². The van der Waals surface area contributed by atoms with E-state index in [-0.39, 0.29) is 11.8 Å². The van der Waals surface area contributed by atoms with Crippen molar-refractivity contribution in [3.63, 3.8) is 0 Å². The van der Waals surface area contributed by atoms with Gasteiger partial charge in [-0.15, -0.1) is 0 Å². The quantitative estimate of drug-likeness (QED) is 0.746. The van der Waals surface area contributed by atoms with Gasteiger partial charge in [0.2, 0.25) is 11.8 Å². The van der Waals surface area contributed by atoms with Crippen molar-refractivity contribution in [3.05, 3.63) is 23.8 Å². The SMILES string of the molecule is CCCCC(N)C(=O)Nc1ccc(C)c(NC(C)=O)c1. The van der Waals surface area contributed by atoms with Crippen LogP contribution in [0.5, 0.6) is 0 Å². The maximum absolute atomic E-state index is 11.9. The summed E-state index contributed by atoms with van der Waals surface area (Å²) in [6.07, 6.45) is 2.62. The Balaban J connectivity index is 2.72. The normalized spacial score (nSPS) is 11.8. The molecule has 5 nitrogen and oxygen atoms in total. The van der Waals surface area contributed by atoms with Crippen LogP contribution < -0.4 is 16.4 Å². The summed E-state index contributed by atoms with van der Waals surface area (Å²) in [7, 11) is 0. The number of hydrogen-bond acceptors (Lipinski definition) is 3.